The molecule has 1 aromatic carbocycles. The fraction of sp³-hybridized carbons (Fsp3) is 0.357. The first kappa shape index (κ1) is 16.1. The van der Waals surface area contributed by atoms with Crippen molar-refractivity contribution in [2.24, 2.45) is 0 Å². The van der Waals surface area contributed by atoms with Crippen molar-refractivity contribution in [3.63, 3.8) is 0 Å². The van der Waals surface area contributed by atoms with Gasteiger partial charge in [-0.3, -0.25) is 0 Å². The molecule has 7 nitrogen and oxygen atoms in total. The monoisotopic (exact) mass is 400 g/mol. The lowest BCUT2D eigenvalue weighted by Gasteiger charge is -2.34. The highest BCUT2D eigenvalue weighted by atomic mass is 79.9. The molecule has 0 atom stereocenters. The Kier molecular flexibility index (Phi) is 4.45. The number of carbonyl (C=O) groups is 1. The van der Waals surface area contributed by atoms with Gasteiger partial charge in [0, 0.05) is 31.6 Å². The van der Waals surface area contributed by atoms with Crippen molar-refractivity contribution in [2.75, 3.05) is 38.2 Å². The first-order valence-electron chi connectivity index (χ1n) is 6.92. The van der Waals surface area contributed by atoms with Gasteiger partial charge in [-0.2, -0.15) is 0 Å². The van der Waals surface area contributed by atoms with Crippen molar-refractivity contribution in [1.82, 2.24) is 14.9 Å². The molecule has 2 heterocycles. The predicted molar refractivity (Wildman–Crippen MR) is 90.6 cm³/mol. The number of nitrogens with zero attached hydrogens (tertiary/aromatic N) is 4. The summed E-state index contributed by atoms with van der Waals surface area (Å²) >= 11 is 9.66. The highest BCUT2D eigenvalue weighted by molar-refractivity contribution is 9.10. The number of fused-ring (bicyclic) bond motifs is 1. The average molecular weight is 402 g/mol. The summed E-state index contributed by atoms with van der Waals surface area (Å²) in [6.07, 6.45) is 0.579. The van der Waals surface area contributed by atoms with Gasteiger partial charge in [0.1, 0.15) is 17.7 Å². The standard InChI is InChI=1S/C14H14BrClN4O3/c1-23-12-10(15)9(16)6-8-11(12)17-7-18-13(8)19-2-4-20(5-3-19)14(21)22/h6-7H,2-5H2,1H3,(H,21,22). The number of hydrogen-bond donors (Lipinski definition) is 1. The van der Waals surface area contributed by atoms with E-state index < -0.39 is 6.09 Å². The third-order valence-electron chi connectivity index (χ3n) is 3.81. The van der Waals surface area contributed by atoms with E-state index in [9.17, 15) is 4.79 Å². The van der Waals surface area contributed by atoms with Gasteiger partial charge >= 0.3 is 6.09 Å². The second kappa shape index (κ2) is 6.37. The summed E-state index contributed by atoms with van der Waals surface area (Å²) in [6.45, 7) is 1.99. The Labute approximate surface area is 145 Å². The predicted octanol–water partition coefficient (Wildman–Crippen LogP) is 2.85. The normalized spacial score (nSPS) is 15.1. The summed E-state index contributed by atoms with van der Waals surface area (Å²) in [4.78, 5) is 23.1. The number of methoxy groups -OCH3 is 1. The molecule has 0 saturated carbocycles. The van der Waals surface area contributed by atoms with Gasteiger partial charge in [-0.05, 0) is 22.0 Å². The third-order valence-corrected chi connectivity index (χ3v) is 5.13. The van der Waals surface area contributed by atoms with Crippen LogP contribution in [0.1, 0.15) is 0 Å². The average Bonchev–Trinajstić information content (AvgIpc) is 2.56. The van der Waals surface area contributed by atoms with E-state index in [1.54, 1.807) is 13.2 Å². The first-order valence-corrected chi connectivity index (χ1v) is 8.09. The van der Waals surface area contributed by atoms with Crippen molar-refractivity contribution >= 4 is 50.3 Å². The zero-order chi connectivity index (χ0) is 16.6. The minimum Gasteiger partial charge on any atom is -0.493 e. The summed E-state index contributed by atoms with van der Waals surface area (Å²) in [7, 11) is 1.56. The molecule has 0 bridgehead atoms. The molecule has 0 unspecified atom stereocenters. The number of benzene rings is 1. The molecule has 1 aliphatic heterocycles. The van der Waals surface area contributed by atoms with E-state index in [0.29, 0.717) is 46.9 Å². The Balaban J connectivity index is 2.02. The summed E-state index contributed by atoms with van der Waals surface area (Å²) in [6, 6.07) is 1.79. The van der Waals surface area contributed by atoms with Gasteiger partial charge in [0.15, 0.2) is 5.75 Å². The number of aromatic nitrogens is 2. The maximum Gasteiger partial charge on any atom is 0.407 e. The first-order chi connectivity index (χ1) is 11.0. The van der Waals surface area contributed by atoms with E-state index in [0.717, 1.165) is 11.2 Å². The molecule has 3 rings (SSSR count). The molecule has 1 aromatic heterocycles. The molecule has 1 aliphatic rings. The minimum absolute atomic E-state index is 0.433. The summed E-state index contributed by atoms with van der Waals surface area (Å²) in [5.41, 5.74) is 0.662. The Morgan fingerprint density at radius 1 is 1.35 bits per heavy atom. The van der Waals surface area contributed by atoms with Gasteiger partial charge in [-0.25, -0.2) is 14.8 Å². The van der Waals surface area contributed by atoms with E-state index in [-0.39, 0.29) is 0 Å². The molecule has 9 heteroatoms. The van der Waals surface area contributed by atoms with Gasteiger partial charge in [0.05, 0.1) is 16.6 Å². The van der Waals surface area contributed by atoms with Crippen LogP contribution in [-0.4, -0.2) is 59.4 Å². The lowest BCUT2D eigenvalue weighted by molar-refractivity contribution is 0.142. The number of anilines is 1. The minimum atomic E-state index is -0.897. The number of carboxylic acid groups (broad SMARTS) is 1. The van der Waals surface area contributed by atoms with E-state index in [1.165, 1.54) is 11.2 Å². The lowest BCUT2D eigenvalue weighted by atomic mass is 10.2. The van der Waals surface area contributed by atoms with Crippen LogP contribution in [0.25, 0.3) is 10.9 Å². The van der Waals surface area contributed by atoms with Gasteiger partial charge in [0.25, 0.3) is 0 Å². The molecule has 1 fully saturated rings. The van der Waals surface area contributed by atoms with Gasteiger partial charge < -0.3 is 19.6 Å². The van der Waals surface area contributed by atoms with E-state index in [1.807, 2.05) is 4.90 Å². The number of halogens is 2. The Bertz CT molecular complexity index is 765. The number of piperazine rings is 1. The smallest absolute Gasteiger partial charge is 0.407 e. The summed E-state index contributed by atoms with van der Waals surface area (Å²) in [5.74, 6) is 1.29. The number of hydrogen-bond acceptors (Lipinski definition) is 5. The molecule has 0 radical (unpaired) electrons. The van der Waals surface area contributed by atoms with Crippen molar-refractivity contribution < 1.29 is 14.6 Å². The Morgan fingerprint density at radius 2 is 2.04 bits per heavy atom. The van der Waals surface area contributed by atoms with Crippen LogP contribution in [0.15, 0.2) is 16.9 Å². The van der Waals surface area contributed by atoms with Gasteiger partial charge in [0.2, 0.25) is 0 Å². The van der Waals surface area contributed by atoms with Crippen LogP contribution in [0, 0.1) is 0 Å². The topological polar surface area (TPSA) is 78.8 Å². The molecule has 122 valence electrons. The number of rotatable bonds is 2. The molecular formula is C14H14BrClN4O3. The molecule has 23 heavy (non-hydrogen) atoms. The molecule has 1 N–H and O–H groups in total. The Morgan fingerprint density at radius 3 is 2.65 bits per heavy atom. The van der Waals surface area contributed by atoms with Crippen LogP contribution in [0.5, 0.6) is 5.75 Å². The van der Waals surface area contributed by atoms with Crippen LogP contribution in [-0.2, 0) is 0 Å². The van der Waals surface area contributed by atoms with E-state index in [2.05, 4.69) is 25.9 Å². The van der Waals surface area contributed by atoms with Crippen molar-refractivity contribution in [3.8, 4) is 5.75 Å². The van der Waals surface area contributed by atoms with Crippen molar-refractivity contribution in [1.29, 1.82) is 0 Å². The van der Waals surface area contributed by atoms with E-state index >= 15 is 0 Å². The van der Waals surface area contributed by atoms with Crippen LogP contribution in [0.2, 0.25) is 5.02 Å². The van der Waals surface area contributed by atoms with Crippen LogP contribution < -0.4 is 9.64 Å². The largest absolute Gasteiger partial charge is 0.493 e. The van der Waals surface area contributed by atoms with Crippen molar-refractivity contribution in [2.45, 2.75) is 0 Å². The second-order valence-electron chi connectivity index (χ2n) is 5.06. The summed E-state index contributed by atoms with van der Waals surface area (Å²) in [5, 5.41) is 10.3. The maximum absolute atomic E-state index is 11.0. The van der Waals surface area contributed by atoms with E-state index in [4.69, 9.17) is 21.4 Å². The Hall–Kier alpha value is -1.80. The quantitative estimate of drug-likeness (QED) is 0.833. The summed E-state index contributed by atoms with van der Waals surface area (Å²) < 4.78 is 6.05. The molecule has 1 saturated heterocycles. The van der Waals surface area contributed by atoms with Gasteiger partial charge in [-0.1, -0.05) is 11.6 Å². The third kappa shape index (κ3) is 2.88. The van der Waals surface area contributed by atoms with Crippen LogP contribution >= 0.6 is 27.5 Å². The highest BCUT2D eigenvalue weighted by Gasteiger charge is 2.24. The molecule has 1 amide bonds. The van der Waals surface area contributed by atoms with Gasteiger partial charge in [-0.15, -0.1) is 0 Å². The highest BCUT2D eigenvalue weighted by Crippen LogP contribution is 2.40. The SMILES string of the molecule is COc1c(Br)c(Cl)cc2c(N3CCN(C(=O)O)CC3)ncnc12. The lowest BCUT2D eigenvalue weighted by Crippen LogP contribution is -2.48. The molecular weight excluding hydrogens is 388 g/mol. The fourth-order valence-corrected chi connectivity index (χ4v) is 3.31. The zero-order valence-electron chi connectivity index (χ0n) is 12.3. The van der Waals surface area contributed by atoms with Crippen LogP contribution in [0.4, 0.5) is 10.6 Å². The second-order valence-corrected chi connectivity index (χ2v) is 6.26. The molecule has 2 aromatic rings. The molecule has 0 spiro atoms. The number of amides is 1. The fourth-order valence-electron chi connectivity index (χ4n) is 2.65. The number of ether oxygens (including phenoxy) is 1. The van der Waals surface area contributed by atoms with Crippen LogP contribution in [0.3, 0.4) is 0 Å². The molecule has 0 aliphatic carbocycles. The zero-order valence-corrected chi connectivity index (χ0v) is 14.6. The van der Waals surface area contributed by atoms with Crippen molar-refractivity contribution in [3.05, 3.63) is 21.9 Å². The maximum atomic E-state index is 11.0.